The lowest BCUT2D eigenvalue weighted by molar-refractivity contribution is -0.0112. The Morgan fingerprint density at radius 1 is 1.39 bits per heavy atom. The highest BCUT2D eigenvalue weighted by atomic mass is 35.5. The third-order valence-corrected chi connectivity index (χ3v) is 3.37. The first-order valence-electron chi connectivity index (χ1n) is 6.52. The van der Waals surface area contributed by atoms with E-state index in [1.165, 1.54) is 6.42 Å². The molecule has 1 aliphatic heterocycles. The van der Waals surface area contributed by atoms with Crippen LogP contribution in [0.3, 0.4) is 0 Å². The fourth-order valence-corrected chi connectivity index (χ4v) is 2.36. The van der Waals surface area contributed by atoms with E-state index in [-0.39, 0.29) is 6.10 Å². The number of nitrogens with two attached hydrogens (primary N) is 1. The normalized spacial score (nSPS) is 19.8. The molecule has 4 heteroatoms. The first kappa shape index (κ1) is 13.7. The second-order valence-electron chi connectivity index (χ2n) is 4.59. The van der Waals surface area contributed by atoms with Crippen molar-refractivity contribution in [3.8, 4) is 5.75 Å². The predicted octanol–water partition coefficient (Wildman–Crippen LogP) is 2.79. The monoisotopic (exact) mass is 269 g/mol. The van der Waals surface area contributed by atoms with Gasteiger partial charge in [-0.15, -0.1) is 0 Å². The second kappa shape index (κ2) is 6.98. The molecule has 2 rings (SSSR count). The summed E-state index contributed by atoms with van der Waals surface area (Å²) in [7, 11) is 0. The Labute approximate surface area is 113 Å². The Kier molecular flexibility index (Phi) is 5.29. The molecule has 2 N–H and O–H groups in total. The van der Waals surface area contributed by atoms with Crippen molar-refractivity contribution in [2.75, 3.05) is 19.8 Å². The topological polar surface area (TPSA) is 44.5 Å². The Bertz CT molecular complexity index is 378. The van der Waals surface area contributed by atoms with Gasteiger partial charge in [-0.3, -0.25) is 0 Å². The van der Waals surface area contributed by atoms with Crippen molar-refractivity contribution in [2.24, 2.45) is 5.73 Å². The molecule has 1 atom stereocenters. The molecule has 1 aliphatic rings. The van der Waals surface area contributed by atoms with Gasteiger partial charge < -0.3 is 15.2 Å². The van der Waals surface area contributed by atoms with Crippen LogP contribution in [0.2, 0.25) is 5.02 Å². The molecule has 1 aromatic carbocycles. The smallest absolute Gasteiger partial charge is 0.122 e. The molecule has 1 fully saturated rings. The van der Waals surface area contributed by atoms with Gasteiger partial charge in [-0.25, -0.2) is 0 Å². The molecule has 0 aromatic heterocycles. The zero-order valence-corrected chi connectivity index (χ0v) is 11.3. The number of hydrogen-bond acceptors (Lipinski definition) is 3. The van der Waals surface area contributed by atoms with E-state index >= 15 is 0 Å². The fraction of sp³-hybridized carbons (Fsp3) is 0.571. The summed E-state index contributed by atoms with van der Waals surface area (Å²) in [6.07, 6.45) is 4.47. The van der Waals surface area contributed by atoms with Crippen LogP contribution in [0.25, 0.3) is 0 Å². The average Bonchev–Trinajstić information content (AvgIpc) is 2.39. The molecule has 0 radical (unpaired) electrons. The number of ether oxygens (including phenoxy) is 2. The van der Waals surface area contributed by atoms with Crippen LogP contribution in [-0.2, 0) is 11.2 Å². The van der Waals surface area contributed by atoms with Gasteiger partial charge in [0.25, 0.3) is 0 Å². The molecule has 18 heavy (non-hydrogen) atoms. The Hall–Kier alpha value is -0.770. The lowest BCUT2D eigenvalue weighted by Crippen LogP contribution is -2.26. The highest BCUT2D eigenvalue weighted by molar-refractivity contribution is 6.30. The van der Waals surface area contributed by atoms with Gasteiger partial charge >= 0.3 is 0 Å². The third-order valence-electron chi connectivity index (χ3n) is 3.13. The van der Waals surface area contributed by atoms with E-state index in [1.54, 1.807) is 0 Å². The molecule has 1 aromatic rings. The molecule has 0 bridgehead atoms. The van der Waals surface area contributed by atoms with E-state index in [0.29, 0.717) is 13.2 Å². The van der Waals surface area contributed by atoms with Crippen LogP contribution in [0.15, 0.2) is 18.2 Å². The molecule has 0 amide bonds. The molecule has 0 saturated carbocycles. The molecule has 1 saturated heterocycles. The maximum atomic E-state index is 5.98. The predicted molar refractivity (Wildman–Crippen MR) is 73.3 cm³/mol. The average molecular weight is 270 g/mol. The van der Waals surface area contributed by atoms with E-state index < -0.39 is 0 Å². The minimum absolute atomic E-state index is 0.222. The van der Waals surface area contributed by atoms with E-state index in [1.807, 2.05) is 18.2 Å². The minimum atomic E-state index is 0.222. The highest BCUT2D eigenvalue weighted by Gasteiger charge is 2.15. The van der Waals surface area contributed by atoms with Crippen molar-refractivity contribution in [3.05, 3.63) is 28.8 Å². The number of halogens is 1. The summed E-state index contributed by atoms with van der Waals surface area (Å²) in [5, 5.41) is 0.722. The Balaban J connectivity index is 1.94. The lowest BCUT2D eigenvalue weighted by Gasteiger charge is -2.23. The van der Waals surface area contributed by atoms with Crippen LogP contribution < -0.4 is 10.5 Å². The van der Waals surface area contributed by atoms with Gasteiger partial charge in [0.2, 0.25) is 0 Å². The minimum Gasteiger partial charge on any atom is -0.491 e. The summed E-state index contributed by atoms with van der Waals surface area (Å²) in [4.78, 5) is 0. The molecule has 100 valence electrons. The van der Waals surface area contributed by atoms with Crippen molar-refractivity contribution >= 4 is 11.6 Å². The first-order valence-corrected chi connectivity index (χ1v) is 6.90. The quantitative estimate of drug-likeness (QED) is 0.894. The van der Waals surface area contributed by atoms with Gasteiger partial charge in [-0.2, -0.15) is 0 Å². The van der Waals surface area contributed by atoms with Gasteiger partial charge in [-0.1, -0.05) is 11.6 Å². The van der Waals surface area contributed by atoms with Crippen LogP contribution in [-0.4, -0.2) is 25.9 Å². The van der Waals surface area contributed by atoms with Crippen LogP contribution in [0.5, 0.6) is 5.75 Å². The molecule has 1 heterocycles. The van der Waals surface area contributed by atoms with Gasteiger partial charge in [0.1, 0.15) is 12.4 Å². The molecule has 3 nitrogen and oxygen atoms in total. The van der Waals surface area contributed by atoms with Crippen LogP contribution in [0.1, 0.15) is 24.8 Å². The van der Waals surface area contributed by atoms with Crippen molar-refractivity contribution in [1.82, 2.24) is 0 Å². The van der Waals surface area contributed by atoms with Gasteiger partial charge in [-0.05, 0) is 56.0 Å². The molecule has 0 spiro atoms. The second-order valence-corrected chi connectivity index (χ2v) is 5.03. The summed E-state index contributed by atoms with van der Waals surface area (Å²) >= 11 is 5.98. The summed E-state index contributed by atoms with van der Waals surface area (Å²) in [6.45, 7) is 2.06. The van der Waals surface area contributed by atoms with E-state index in [4.69, 9.17) is 26.8 Å². The lowest BCUT2D eigenvalue weighted by atomic mass is 10.1. The summed E-state index contributed by atoms with van der Waals surface area (Å²) in [6, 6.07) is 5.68. The third kappa shape index (κ3) is 3.87. The summed E-state index contributed by atoms with van der Waals surface area (Å²) in [5.41, 5.74) is 6.67. The molecule has 1 unspecified atom stereocenters. The summed E-state index contributed by atoms with van der Waals surface area (Å²) in [5.74, 6) is 0.874. The largest absolute Gasteiger partial charge is 0.491 e. The van der Waals surface area contributed by atoms with Gasteiger partial charge in [0.15, 0.2) is 0 Å². The fourth-order valence-electron chi connectivity index (χ4n) is 2.16. The standard InChI is InChI=1S/C14H20ClNO2/c15-12-4-5-14(11(9-12)6-7-16)18-10-13-3-1-2-8-17-13/h4-5,9,13H,1-3,6-8,10,16H2. The van der Waals surface area contributed by atoms with E-state index in [9.17, 15) is 0 Å². The highest BCUT2D eigenvalue weighted by Crippen LogP contribution is 2.24. The van der Waals surface area contributed by atoms with Crippen molar-refractivity contribution in [1.29, 1.82) is 0 Å². The number of rotatable bonds is 5. The first-order chi connectivity index (χ1) is 8.79. The Morgan fingerprint density at radius 3 is 3.00 bits per heavy atom. The zero-order valence-electron chi connectivity index (χ0n) is 10.5. The Morgan fingerprint density at radius 2 is 2.28 bits per heavy atom. The van der Waals surface area contributed by atoms with Crippen LogP contribution in [0, 0.1) is 0 Å². The number of hydrogen-bond donors (Lipinski definition) is 1. The zero-order chi connectivity index (χ0) is 12.8. The molecular weight excluding hydrogens is 250 g/mol. The molecular formula is C14H20ClNO2. The van der Waals surface area contributed by atoms with Gasteiger partial charge in [0, 0.05) is 11.6 Å². The van der Waals surface area contributed by atoms with Gasteiger partial charge in [0.05, 0.1) is 6.10 Å². The van der Waals surface area contributed by atoms with Crippen molar-refractivity contribution < 1.29 is 9.47 Å². The molecule has 0 aliphatic carbocycles. The SMILES string of the molecule is NCCc1cc(Cl)ccc1OCC1CCCCO1. The van der Waals surface area contributed by atoms with E-state index in [0.717, 1.165) is 42.2 Å². The summed E-state index contributed by atoms with van der Waals surface area (Å²) < 4.78 is 11.5. The van der Waals surface area contributed by atoms with E-state index in [2.05, 4.69) is 0 Å². The van der Waals surface area contributed by atoms with Crippen molar-refractivity contribution in [2.45, 2.75) is 31.8 Å². The maximum absolute atomic E-state index is 5.98. The maximum Gasteiger partial charge on any atom is 0.122 e. The van der Waals surface area contributed by atoms with Crippen LogP contribution >= 0.6 is 11.6 Å². The van der Waals surface area contributed by atoms with Crippen molar-refractivity contribution in [3.63, 3.8) is 0 Å². The number of benzene rings is 1. The van der Waals surface area contributed by atoms with Crippen LogP contribution in [0.4, 0.5) is 0 Å².